The minimum Gasteiger partial charge on any atom is -0.403 e. The van der Waals surface area contributed by atoms with Crippen molar-refractivity contribution in [3.05, 3.63) is 46.7 Å². The molecule has 8 nitrogen and oxygen atoms in total. The van der Waals surface area contributed by atoms with Crippen LogP contribution in [0.25, 0.3) is 11.5 Å². The van der Waals surface area contributed by atoms with E-state index < -0.39 is 15.9 Å². The zero-order valence-electron chi connectivity index (χ0n) is 15.7. The molecule has 152 valence electrons. The summed E-state index contributed by atoms with van der Waals surface area (Å²) in [6.45, 7) is 3.10. The fourth-order valence-corrected chi connectivity index (χ4v) is 5.47. The lowest BCUT2D eigenvalue weighted by atomic mass is 10.0. The summed E-state index contributed by atoms with van der Waals surface area (Å²) in [6, 6.07) is 7.68. The molecule has 10 heteroatoms. The molecule has 1 aliphatic rings. The number of carbonyl (C=O) groups excluding carboxylic acids is 1. The number of hydrogen-bond donors (Lipinski definition) is 1. The van der Waals surface area contributed by atoms with Gasteiger partial charge in [0.25, 0.3) is 11.8 Å². The summed E-state index contributed by atoms with van der Waals surface area (Å²) in [5, 5.41) is 14.0. The van der Waals surface area contributed by atoms with Crippen molar-refractivity contribution in [2.75, 3.05) is 18.4 Å². The highest BCUT2D eigenvalue weighted by Gasteiger charge is 2.28. The van der Waals surface area contributed by atoms with Crippen LogP contribution in [0.15, 0.2) is 50.4 Å². The Balaban J connectivity index is 1.45. The average molecular weight is 433 g/mol. The van der Waals surface area contributed by atoms with E-state index in [1.807, 2.05) is 16.8 Å². The van der Waals surface area contributed by atoms with Gasteiger partial charge in [0.2, 0.25) is 10.0 Å². The van der Waals surface area contributed by atoms with E-state index in [-0.39, 0.29) is 10.9 Å². The number of nitrogens with one attached hydrogen (secondary N) is 1. The average Bonchev–Trinajstić information content (AvgIpc) is 3.40. The van der Waals surface area contributed by atoms with Gasteiger partial charge in [-0.15, -0.1) is 5.10 Å². The first-order valence-electron chi connectivity index (χ1n) is 9.21. The molecule has 3 aromatic rings. The molecule has 0 bridgehead atoms. The molecular formula is C19H20N4O4S2. The highest BCUT2D eigenvalue weighted by Crippen LogP contribution is 2.24. The molecule has 0 spiro atoms. The fourth-order valence-electron chi connectivity index (χ4n) is 3.24. The molecule has 1 atom stereocenters. The van der Waals surface area contributed by atoms with Crippen LogP contribution in [-0.4, -0.2) is 41.9 Å². The van der Waals surface area contributed by atoms with Crippen molar-refractivity contribution in [3.8, 4) is 11.5 Å². The highest BCUT2D eigenvalue weighted by atomic mass is 32.2. The van der Waals surface area contributed by atoms with Gasteiger partial charge >= 0.3 is 6.01 Å². The van der Waals surface area contributed by atoms with E-state index >= 15 is 0 Å². The number of benzene rings is 1. The predicted octanol–water partition coefficient (Wildman–Crippen LogP) is 3.47. The van der Waals surface area contributed by atoms with Gasteiger partial charge in [0.15, 0.2) is 0 Å². The van der Waals surface area contributed by atoms with Crippen LogP contribution >= 0.6 is 11.3 Å². The van der Waals surface area contributed by atoms with Gasteiger partial charge in [0.1, 0.15) is 0 Å². The van der Waals surface area contributed by atoms with Gasteiger partial charge in [0.05, 0.1) is 4.90 Å². The van der Waals surface area contributed by atoms with Crippen LogP contribution < -0.4 is 5.32 Å². The number of anilines is 1. The minimum atomic E-state index is -3.56. The maximum absolute atomic E-state index is 12.8. The number of rotatable bonds is 5. The van der Waals surface area contributed by atoms with Crippen molar-refractivity contribution in [2.45, 2.75) is 24.7 Å². The van der Waals surface area contributed by atoms with Crippen LogP contribution in [0.3, 0.4) is 0 Å². The molecular weight excluding hydrogens is 412 g/mol. The van der Waals surface area contributed by atoms with Crippen molar-refractivity contribution in [3.63, 3.8) is 0 Å². The number of piperidine rings is 1. The molecule has 0 radical (unpaired) electrons. The van der Waals surface area contributed by atoms with Crippen molar-refractivity contribution < 1.29 is 17.6 Å². The Morgan fingerprint density at radius 3 is 2.72 bits per heavy atom. The number of sulfonamides is 1. The largest absolute Gasteiger partial charge is 0.403 e. The zero-order chi connectivity index (χ0) is 20.4. The summed E-state index contributed by atoms with van der Waals surface area (Å²) in [5.41, 5.74) is 1.08. The van der Waals surface area contributed by atoms with Crippen LogP contribution in [0.1, 0.15) is 30.1 Å². The highest BCUT2D eigenvalue weighted by molar-refractivity contribution is 7.89. The summed E-state index contributed by atoms with van der Waals surface area (Å²) in [7, 11) is -3.56. The SMILES string of the molecule is CC1CCCN(S(=O)(=O)c2ccc(C(=O)Nc3nnc(-c4ccsc4)o3)cc2)C1. The number of nitrogens with zero attached hydrogens (tertiary/aromatic N) is 3. The van der Waals surface area contributed by atoms with Gasteiger partial charge in [-0.25, -0.2) is 8.42 Å². The Hall–Kier alpha value is -2.56. The van der Waals surface area contributed by atoms with Crippen LogP contribution in [0.5, 0.6) is 0 Å². The lowest BCUT2D eigenvalue weighted by Gasteiger charge is -2.30. The Morgan fingerprint density at radius 1 is 1.24 bits per heavy atom. The van der Waals surface area contributed by atoms with E-state index in [1.54, 1.807) is 0 Å². The van der Waals surface area contributed by atoms with Crippen molar-refractivity contribution in [1.82, 2.24) is 14.5 Å². The van der Waals surface area contributed by atoms with E-state index in [4.69, 9.17) is 4.42 Å². The van der Waals surface area contributed by atoms with Gasteiger partial charge < -0.3 is 4.42 Å². The van der Waals surface area contributed by atoms with Crippen molar-refractivity contribution in [2.24, 2.45) is 5.92 Å². The van der Waals surface area contributed by atoms with E-state index in [9.17, 15) is 13.2 Å². The monoisotopic (exact) mass is 432 g/mol. The lowest BCUT2D eigenvalue weighted by molar-refractivity contribution is 0.102. The molecule has 1 unspecified atom stereocenters. The number of amides is 1. The standard InChI is InChI=1S/C19H20N4O4S2/c1-13-3-2-9-23(11-13)29(25,26)16-6-4-14(5-7-16)17(24)20-19-22-21-18(27-19)15-8-10-28-12-15/h4-8,10,12-13H,2-3,9,11H2,1H3,(H,20,22,24). The molecule has 1 aliphatic heterocycles. The topological polar surface area (TPSA) is 105 Å². The third kappa shape index (κ3) is 4.24. The predicted molar refractivity (Wildman–Crippen MR) is 109 cm³/mol. The Labute approximate surface area is 172 Å². The minimum absolute atomic E-state index is 0.0183. The summed E-state index contributed by atoms with van der Waals surface area (Å²) < 4.78 is 32.6. The quantitative estimate of drug-likeness (QED) is 0.662. The van der Waals surface area contributed by atoms with Crippen LogP contribution in [0, 0.1) is 5.92 Å². The number of hydrogen-bond acceptors (Lipinski definition) is 7. The molecule has 1 fully saturated rings. The fraction of sp³-hybridized carbons (Fsp3) is 0.316. The van der Waals surface area contributed by atoms with E-state index in [0.29, 0.717) is 30.5 Å². The molecule has 3 heterocycles. The molecule has 1 N–H and O–H groups in total. The van der Waals surface area contributed by atoms with E-state index in [1.165, 1.54) is 39.9 Å². The smallest absolute Gasteiger partial charge is 0.322 e. The summed E-state index contributed by atoms with van der Waals surface area (Å²) in [6.07, 6.45) is 1.90. The maximum Gasteiger partial charge on any atom is 0.322 e. The van der Waals surface area contributed by atoms with Crippen LogP contribution in [0.4, 0.5) is 6.01 Å². The summed E-state index contributed by atoms with van der Waals surface area (Å²) in [4.78, 5) is 12.6. The third-order valence-electron chi connectivity index (χ3n) is 4.79. The van der Waals surface area contributed by atoms with Gasteiger partial charge in [-0.2, -0.15) is 15.6 Å². The zero-order valence-corrected chi connectivity index (χ0v) is 17.4. The molecule has 1 saturated heterocycles. The van der Waals surface area contributed by atoms with Crippen molar-refractivity contribution >= 4 is 33.3 Å². The van der Waals surface area contributed by atoms with Gasteiger partial charge in [0, 0.05) is 29.6 Å². The number of carbonyl (C=O) groups is 1. The maximum atomic E-state index is 12.8. The van der Waals surface area contributed by atoms with Crippen LogP contribution in [-0.2, 0) is 10.0 Å². The second-order valence-electron chi connectivity index (χ2n) is 7.01. The van der Waals surface area contributed by atoms with Gasteiger partial charge in [-0.1, -0.05) is 12.0 Å². The molecule has 1 amide bonds. The second kappa shape index (κ2) is 8.05. The first-order chi connectivity index (χ1) is 13.9. The van der Waals surface area contributed by atoms with Gasteiger partial charge in [-0.3, -0.25) is 10.1 Å². The van der Waals surface area contributed by atoms with E-state index in [2.05, 4.69) is 22.4 Å². The van der Waals surface area contributed by atoms with Crippen molar-refractivity contribution in [1.29, 1.82) is 0 Å². The Kier molecular flexibility index (Phi) is 5.48. The molecule has 0 aliphatic carbocycles. The van der Waals surface area contributed by atoms with Crippen LogP contribution in [0.2, 0.25) is 0 Å². The molecule has 2 aromatic heterocycles. The first kappa shape index (κ1) is 19.7. The molecule has 4 rings (SSSR count). The molecule has 29 heavy (non-hydrogen) atoms. The first-order valence-corrected chi connectivity index (χ1v) is 11.6. The Bertz CT molecular complexity index is 1090. The van der Waals surface area contributed by atoms with Gasteiger partial charge in [-0.05, 0) is 54.5 Å². The lowest BCUT2D eigenvalue weighted by Crippen LogP contribution is -2.39. The molecule has 0 saturated carbocycles. The second-order valence-corrected chi connectivity index (χ2v) is 9.73. The summed E-state index contributed by atoms with van der Waals surface area (Å²) >= 11 is 1.50. The number of thiophene rings is 1. The summed E-state index contributed by atoms with van der Waals surface area (Å²) in [5.74, 6) is 0.205. The normalized spacial score (nSPS) is 17.9. The molecule has 1 aromatic carbocycles. The van der Waals surface area contributed by atoms with E-state index in [0.717, 1.165) is 18.4 Å². The third-order valence-corrected chi connectivity index (χ3v) is 7.35. The Morgan fingerprint density at radius 2 is 2.03 bits per heavy atom. The number of aromatic nitrogens is 2.